The van der Waals surface area contributed by atoms with Crippen molar-refractivity contribution < 1.29 is 43.5 Å². The normalized spacial score (nSPS) is 25.4. The highest BCUT2D eigenvalue weighted by Crippen LogP contribution is 2.44. The van der Waals surface area contributed by atoms with Crippen LogP contribution >= 0.6 is 0 Å². The fraction of sp³-hybridized carbons (Fsp3) is 0.643. The van der Waals surface area contributed by atoms with Crippen LogP contribution in [0.3, 0.4) is 0 Å². The third-order valence-corrected chi connectivity index (χ3v) is 7.58. The summed E-state index contributed by atoms with van der Waals surface area (Å²) in [6.07, 6.45) is 0.921. The van der Waals surface area contributed by atoms with E-state index in [1.165, 1.54) is 0 Å². The lowest BCUT2D eigenvalue weighted by Crippen LogP contribution is -2.46. The van der Waals surface area contributed by atoms with Gasteiger partial charge in [0.1, 0.15) is 11.9 Å². The number of aliphatic hydroxyl groups excluding tert-OH is 1. The molecule has 11 heteroatoms. The molecule has 2 aliphatic carbocycles. The summed E-state index contributed by atoms with van der Waals surface area (Å²) < 4.78 is 11.1. The first-order valence-corrected chi connectivity index (χ1v) is 13.5. The number of esters is 1. The van der Waals surface area contributed by atoms with Gasteiger partial charge in [0.25, 0.3) is 0 Å². The van der Waals surface area contributed by atoms with Gasteiger partial charge in [-0.2, -0.15) is 0 Å². The molecule has 0 amide bonds. The highest BCUT2D eigenvalue weighted by Gasteiger charge is 2.46. The summed E-state index contributed by atoms with van der Waals surface area (Å²) in [4.78, 5) is 54.7. The predicted molar refractivity (Wildman–Crippen MR) is 138 cm³/mol. The Hall–Kier alpha value is -3.34. The van der Waals surface area contributed by atoms with Crippen LogP contribution in [0, 0.1) is 30.6 Å². The number of aliphatic carboxylic acids is 1. The molecule has 6 unspecified atom stereocenters. The summed E-state index contributed by atoms with van der Waals surface area (Å²) >= 11 is 0. The third-order valence-electron chi connectivity index (χ3n) is 7.58. The van der Waals surface area contributed by atoms with Gasteiger partial charge >= 0.3 is 11.9 Å². The first-order valence-electron chi connectivity index (χ1n) is 13.5. The summed E-state index contributed by atoms with van der Waals surface area (Å²) in [5.74, 6) is -2.79. The molecule has 3 rings (SSSR count). The quantitative estimate of drug-likeness (QED) is 0.276. The molecule has 0 spiro atoms. The van der Waals surface area contributed by atoms with Crippen molar-refractivity contribution in [1.82, 2.24) is 5.16 Å². The van der Waals surface area contributed by atoms with Gasteiger partial charge < -0.3 is 24.3 Å². The van der Waals surface area contributed by atoms with E-state index in [0.717, 1.165) is 0 Å². The number of nitrogens with zero attached hydrogens (tertiary/aromatic N) is 2. The van der Waals surface area contributed by atoms with Crippen LogP contribution in [-0.2, 0) is 35.4 Å². The lowest BCUT2D eigenvalue weighted by Gasteiger charge is -2.43. The van der Waals surface area contributed by atoms with Gasteiger partial charge in [-0.05, 0) is 50.2 Å². The largest absolute Gasteiger partial charge is 0.481 e. The van der Waals surface area contributed by atoms with Crippen molar-refractivity contribution in [2.24, 2.45) is 28.8 Å². The van der Waals surface area contributed by atoms with Crippen molar-refractivity contribution >= 4 is 29.2 Å². The number of carbonyl (C=O) groups excluding carboxylic acids is 3. The van der Waals surface area contributed by atoms with Crippen molar-refractivity contribution in [3.63, 3.8) is 0 Å². The second kappa shape index (κ2) is 13.6. The molecule has 214 valence electrons. The number of aliphatic hydroxyl groups is 1. The molecule has 0 radical (unpaired) electrons. The molecular weight excluding hydrogens is 508 g/mol. The molecule has 39 heavy (non-hydrogen) atoms. The summed E-state index contributed by atoms with van der Waals surface area (Å²) in [6.45, 7) is 7.37. The Morgan fingerprint density at radius 3 is 2.67 bits per heavy atom. The number of hydrogen-bond acceptors (Lipinski definition) is 10. The Balaban J connectivity index is 1.82. The van der Waals surface area contributed by atoms with Gasteiger partial charge in [0.05, 0.1) is 29.8 Å². The molecule has 1 aromatic heterocycles. The first kappa shape index (κ1) is 30.2. The van der Waals surface area contributed by atoms with Crippen molar-refractivity contribution in [2.75, 3.05) is 0 Å². The van der Waals surface area contributed by atoms with E-state index in [-0.39, 0.29) is 54.7 Å². The predicted octanol–water partition coefficient (Wildman–Crippen LogP) is 3.56. The Kier molecular flexibility index (Phi) is 10.6. The van der Waals surface area contributed by atoms with Gasteiger partial charge in [0.15, 0.2) is 18.2 Å². The lowest BCUT2D eigenvalue weighted by molar-refractivity contribution is -0.158. The van der Waals surface area contributed by atoms with E-state index in [4.69, 9.17) is 19.2 Å². The maximum Gasteiger partial charge on any atom is 0.308 e. The van der Waals surface area contributed by atoms with Gasteiger partial charge in [-0.3, -0.25) is 19.2 Å². The SMILES string of the molecule is CCC(C)C(=O)OC1CCC(=NOCc2cc(C)no2)C2=CC(=O)C(C)C(CCC(=O)CC(O)CC(=O)O)C21. The smallest absolute Gasteiger partial charge is 0.308 e. The number of aryl methyl sites for hydroxylation is 1. The minimum absolute atomic E-state index is 0.0581. The van der Waals surface area contributed by atoms with Crippen LogP contribution in [0.2, 0.25) is 0 Å². The zero-order chi connectivity index (χ0) is 28.7. The minimum atomic E-state index is -1.26. The number of hydrogen-bond donors (Lipinski definition) is 2. The van der Waals surface area contributed by atoms with Crippen LogP contribution < -0.4 is 0 Å². The number of carbonyl (C=O) groups is 4. The molecule has 2 aliphatic rings. The Morgan fingerprint density at radius 1 is 1.28 bits per heavy atom. The van der Waals surface area contributed by atoms with Gasteiger partial charge in [0, 0.05) is 30.7 Å². The number of carboxylic acids is 1. The summed E-state index contributed by atoms with van der Waals surface area (Å²) in [5, 5.41) is 26.8. The van der Waals surface area contributed by atoms with Crippen LogP contribution in [0.5, 0.6) is 0 Å². The van der Waals surface area contributed by atoms with Crippen molar-refractivity contribution in [3.8, 4) is 0 Å². The number of ether oxygens (including phenoxy) is 1. The molecule has 1 saturated carbocycles. The average Bonchev–Trinajstić information content (AvgIpc) is 3.29. The number of rotatable bonds is 13. The number of oxime groups is 1. The highest BCUT2D eigenvalue weighted by atomic mass is 16.6. The molecule has 0 bridgehead atoms. The molecule has 0 aromatic carbocycles. The number of Topliss-reactive ketones (excluding diaryl/α,β-unsaturated/α-hetero) is 1. The van der Waals surface area contributed by atoms with Crippen LogP contribution in [0.15, 0.2) is 27.4 Å². The van der Waals surface area contributed by atoms with E-state index in [9.17, 15) is 24.3 Å². The maximum absolute atomic E-state index is 13.0. The van der Waals surface area contributed by atoms with E-state index in [2.05, 4.69) is 10.3 Å². The van der Waals surface area contributed by atoms with Crippen molar-refractivity contribution in [2.45, 2.75) is 91.5 Å². The maximum atomic E-state index is 13.0. The van der Waals surface area contributed by atoms with E-state index in [1.807, 2.05) is 6.92 Å². The minimum Gasteiger partial charge on any atom is -0.481 e. The van der Waals surface area contributed by atoms with Crippen molar-refractivity contribution in [1.29, 1.82) is 0 Å². The van der Waals surface area contributed by atoms with Gasteiger partial charge in [-0.15, -0.1) is 0 Å². The van der Waals surface area contributed by atoms with Crippen LogP contribution in [0.25, 0.3) is 0 Å². The van der Waals surface area contributed by atoms with Gasteiger partial charge in [-0.1, -0.05) is 31.1 Å². The molecule has 1 fully saturated rings. The molecule has 11 nitrogen and oxygen atoms in total. The third kappa shape index (κ3) is 8.08. The number of allylic oxidation sites excluding steroid dienone is 1. The summed E-state index contributed by atoms with van der Waals surface area (Å²) in [7, 11) is 0. The average molecular weight is 547 g/mol. The molecule has 1 aromatic rings. The van der Waals surface area contributed by atoms with Crippen molar-refractivity contribution in [3.05, 3.63) is 29.2 Å². The molecule has 0 saturated heterocycles. The monoisotopic (exact) mass is 546 g/mol. The van der Waals surface area contributed by atoms with E-state index >= 15 is 0 Å². The first-order chi connectivity index (χ1) is 18.5. The zero-order valence-electron chi connectivity index (χ0n) is 22.9. The zero-order valence-corrected chi connectivity index (χ0v) is 22.9. The molecule has 6 atom stereocenters. The lowest BCUT2D eigenvalue weighted by atomic mass is 9.63. The van der Waals surface area contributed by atoms with Crippen LogP contribution in [-0.4, -0.2) is 56.8 Å². The standard InChI is InChI=1S/C28H38N2O9/c1-5-15(2)28(36)38-25-9-8-23(30-37-14-20-10-16(3)29-39-20)22-13-24(33)17(4)21(27(22)25)7-6-18(31)11-19(32)12-26(34)35/h10,13,15,17,19,21,25,27,32H,5-9,11-12,14H2,1-4H3,(H,34,35). The fourth-order valence-electron chi connectivity index (χ4n) is 5.20. The Morgan fingerprint density at radius 2 is 2.03 bits per heavy atom. The molecule has 1 heterocycles. The summed E-state index contributed by atoms with van der Waals surface area (Å²) in [5.41, 5.74) is 1.94. The molecule has 2 N–H and O–H groups in total. The van der Waals surface area contributed by atoms with Gasteiger partial charge in [0.2, 0.25) is 0 Å². The number of aromatic nitrogens is 1. The van der Waals surface area contributed by atoms with E-state index in [1.54, 1.807) is 32.9 Å². The van der Waals surface area contributed by atoms with E-state index < -0.39 is 30.5 Å². The number of ketones is 2. The Labute approximate surface area is 227 Å². The number of fused-ring (bicyclic) bond motifs is 1. The molecule has 0 aliphatic heterocycles. The fourth-order valence-corrected chi connectivity index (χ4v) is 5.20. The summed E-state index contributed by atoms with van der Waals surface area (Å²) in [6, 6.07) is 1.74. The van der Waals surface area contributed by atoms with Crippen LogP contribution in [0.1, 0.15) is 77.2 Å². The number of carboxylic acid groups (broad SMARTS) is 1. The second-order valence-corrected chi connectivity index (χ2v) is 10.6. The highest BCUT2D eigenvalue weighted by molar-refractivity contribution is 6.08. The topological polar surface area (TPSA) is 166 Å². The van der Waals surface area contributed by atoms with Gasteiger partial charge in [-0.25, -0.2) is 0 Å². The second-order valence-electron chi connectivity index (χ2n) is 10.6. The van der Waals surface area contributed by atoms with E-state index in [0.29, 0.717) is 48.4 Å². The molecular formula is C28H38N2O9. The Bertz CT molecular complexity index is 1120. The van der Waals surface area contributed by atoms with Crippen LogP contribution in [0.4, 0.5) is 0 Å².